The predicted octanol–water partition coefficient (Wildman–Crippen LogP) is 1.52. The highest BCUT2D eigenvalue weighted by atomic mass is 16.1. The van der Waals surface area contributed by atoms with Gasteiger partial charge < -0.3 is 0 Å². The summed E-state index contributed by atoms with van der Waals surface area (Å²) in [4.78, 5) is 16.3. The van der Waals surface area contributed by atoms with E-state index < -0.39 is 0 Å². The Labute approximate surface area is 98.8 Å². The highest BCUT2D eigenvalue weighted by Crippen LogP contribution is 2.22. The van der Waals surface area contributed by atoms with Gasteiger partial charge >= 0.3 is 0 Å². The van der Waals surface area contributed by atoms with Crippen LogP contribution in [0.5, 0.6) is 0 Å². The monoisotopic (exact) mass is 224 g/mol. The molecule has 2 rings (SSSR count). The molecule has 0 saturated carbocycles. The molecule has 92 valence electrons. The summed E-state index contributed by atoms with van der Waals surface area (Å²) in [5.41, 5.74) is 0. The molecule has 0 spiro atoms. The van der Waals surface area contributed by atoms with Crippen molar-refractivity contribution in [2.75, 3.05) is 26.2 Å². The van der Waals surface area contributed by atoms with Crippen LogP contribution in [0.2, 0.25) is 0 Å². The van der Waals surface area contributed by atoms with E-state index in [-0.39, 0.29) is 0 Å². The summed E-state index contributed by atoms with van der Waals surface area (Å²) in [6.07, 6.45) is 4.83. The van der Waals surface area contributed by atoms with Gasteiger partial charge in [-0.3, -0.25) is 14.6 Å². The maximum atomic E-state index is 11.1. The summed E-state index contributed by atoms with van der Waals surface area (Å²) in [6, 6.07) is 1.19. The van der Waals surface area contributed by atoms with Gasteiger partial charge in [0, 0.05) is 38.1 Å². The van der Waals surface area contributed by atoms with Crippen molar-refractivity contribution in [1.82, 2.24) is 9.80 Å². The molecule has 0 aromatic heterocycles. The van der Waals surface area contributed by atoms with Gasteiger partial charge in [-0.1, -0.05) is 6.42 Å². The first-order chi connectivity index (χ1) is 7.66. The van der Waals surface area contributed by atoms with Gasteiger partial charge in [-0.25, -0.2) is 0 Å². The molecular weight excluding hydrogens is 200 g/mol. The molecule has 0 amide bonds. The van der Waals surface area contributed by atoms with E-state index in [4.69, 9.17) is 0 Å². The Morgan fingerprint density at radius 3 is 2.88 bits per heavy atom. The molecule has 0 radical (unpaired) electrons. The van der Waals surface area contributed by atoms with Crippen LogP contribution < -0.4 is 0 Å². The van der Waals surface area contributed by atoms with Crippen molar-refractivity contribution >= 4 is 5.78 Å². The van der Waals surface area contributed by atoms with Gasteiger partial charge in [-0.2, -0.15) is 0 Å². The van der Waals surface area contributed by atoms with Gasteiger partial charge in [0.1, 0.15) is 5.78 Å². The van der Waals surface area contributed by atoms with E-state index in [2.05, 4.69) is 16.7 Å². The largest absolute Gasteiger partial charge is 0.300 e. The lowest BCUT2D eigenvalue weighted by atomic mass is 9.98. The molecule has 2 aliphatic heterocycles. The fourth-order valence-electron chi connectivity index (χ4n) is 3.13. The smallest absolute Gasteiger partial charge is 0.131 e. The number of carbonyl (C=O) groups excluding carboxylic acids is 1. The van der Waals surface area contributed by atoms with Crippen molar-refractivity contribution < 1.29 is 4.79 Å². The topological polar surface area (TPSA) is 23.6 Å². The maximum absolute atomic E-state index is 11.1. The molecule has 16 heavy (non-hydrogen) atoms. The lowest BCUT2D eigenvalue weighted by Gasteiger charge is -2.45. The third-order valence-electron chi connectivity index (χ3n) is 4.07. The van der Waals surface area contributed by atoms with Crippen LogP contribution in [0.3, 0.4) is 0 Å². The van der Waals surface area contributed by atoms with Gasteiger partial charge in [0.2, 0.25) is 0 Å². The highest BCUT2D eigenvalue weighted by Gasteiger charge is 2.30. The molecule has 0 N–H and O–H groups in total. The molecule has 2 aliphatic rings. The number of hydrogen-bond acceptors (Lipinski definition) is 3. The van der Waals surface area contributed by atoms with Gasteiger partial charge in [0.05, 0.1) is 0 Å². The van der Waals surface area contributed by atoms with E-state index in [1.165, 1.54) is 38.9 Å². The number of piperazine rings is 1. The highest BCUT2D eigenvalue weighted by molar-refractivity contribution is 5.76. The van der Waals surface area contributed by atoms with Crippen molar-refractivity contribution in [3.8, 4) is 0 Å². The Morgan fingerprint density at radius 2 is 2.12 bits per heavy atom. The molecule has 2 heterocycles. The number of hydrogen-bond donors (Lipinski definition) is 0. The summed E-state index contributed by atoms with van der Waals surface area (Å²) in [5, 5.41) is 0. The Bertz CT molecular complexity index is 254. The molecule has 0 aliphatic carbocycles. The minimum Gasteiger partial charge on any atom is -0.300 e. The van der Waals surface area contributed by atoms with Crippen molar-refractivity contribution in [3.05, 3.63) is 0 Å². The zero-order valence-electron chi connectivity index (χ0n) is 10.6. The molecule has 0 aromatic carbocycles. The number of fused-ring (bicyclic) bond motifs is 1. The lowest BCUT2D eigenvalue weighted by Crippen LogP contribution is -2.56. The number of piperidine rings is 1. The molecule has 2 fully saturated rings. The normalized spacial score (nSPS) is 29.8. The second-order valence-corrected chi connectivity index (χ2v) is 5.44. The summed E-state index contributed by atoms with van der Waals surface area (Å²) in [5.74, 6) is 0.318. The van der Waals surface area contributed by atoms with Crippen molar-refractivity contribution in [3.63, 3.8) is 0 Å². The van der Waals surface area contributed by atoms with E-state index in [9.17, 15) is 4.79 Å². The van der Waals surface area contributed by atoms with Gasteiger partial charge in [0.15, 0.2) is 0 Å². The van der Waals surface area contributed by atoms with E-state index >= 15 is 0 Å². The third kappa shape index (κ3) is 2.83. The molecule has 3 heteroatoms. The third-order valence-corrected chi connectivity index (χ3v) is 4.07. The van der Waals surface area contributed by atoms with Crippen LogP contribution >= 0.6 is 0 Å². The molecule has 0 aromatic rings. The molecule has 2 saturated heterocycles. The van der Waals surface area contributed by atoms with Gasteiger partial charge in [-0.05, 0) is 33.2 Å². The molecule has 3 nitrogen and oxygen atoms in total. The summed E-state index contributed by atoms with van der Waals surface area (Å²) in [6.45, 7) is 8.71. The Hall–Kier alpha value is -0.410. The molecule has 0 bridgehead atoms. The SMILES string of the molecule is CC(=O)CC(C)N1CCN2CCCCC2C1. The van der Waals surface area contributed by atoms with Crippen LogP contribution in [-0.2, 0) is 4.79 Å². The quantitative estimate of drug-likeness (QED) is 0.726. The first-order valence-electron chi connectivity index (χ1n) is 6.64. The van der Waals surface area contributed by atoms with Gasteiger partial charge in [0.25, 0.3) is 0 Å². The molecule has 2 atom stereocenters. The van der Waals surface area contributed by atoms with Crippen molar-refractivity contribution in [2.24, 2.45) is 0 Å². The van der Waals surface area contributed by atoms with E-state index in [1.807, 2.05) is 0 Å². The van der Waals surface area contributed by atoms with Crippen molar-refractivity contribution in [1.29, 1.82) is 0 Å². The maximum Gasteiger partial charge on any atom is 0.131 e. The number of nitrogens with zero attached hydrogens (tertiary/aromatic N) is 2. The zero-order chi connectivity index (χ0) is 11.5. The van der Waals surface area contributed by atoms with E-state index in [1.54, 1.807) is 6.92 Å². The number of ketones is 1. The number of carbonyl (C=O) groups is 1. The van der Waals surface area contributed by atoms with E-state index in [0.29, 0.717) is 18.2 Å². The van der Waals surface area contributed by atoms with Gasteiger partial charge in [-0.15, -0.1) is 0 Å². The Balaban J connectivity index is 1.86. The predicted molar refractivity (Wildman–Crippen MR) is 65.5 cm³/mol. The fraction of sp³-hybridized carbons (Fsp3) is 0.923. The summed E-state index contributed by atoms with van der Waals surface area (Å²) in [7, 11) is 0. The summed E-state index contributed by atoms with van der Waals surface area (Å²) >= 11 is 0. The average molecular weight is 224 g/mol. The van der Waals surface area contributed by atoms with Crippen LogP contribution in [-0.4, -0.2) is 53.8 Å². The first-order valence-corrected chi connectivity index (χ1v) is 6.64. The first kappa shape index (κ1) is 12.1. The Morgan fingerprint density at radius 1 is 1.31 bits per heavy atom. The van der Waals surface area contributed by atoms with Crippen LogP contribution in [0.4, 0.5) is 0 Å². The van der Waals surface area contributed by atoms with Crippen LogP contribution in [0.15, 0.2) is 0 Å². The second-order valence-electron chi connectivity index (χ2n) is 5.44. The minimum atomic E-state index is 0.318. The molecule has 2 unspecified atom stereocenters. The van der Waals surface area contributed by atoms with Crippen LogP contribution in [0.1, 0.15) is 39.5 Å². The lowest BCUT2D eigenvalue weighted by molar-refractivity contribution is -0.118. The number of Topliss-reactive ketones (excluding diaryl/α,β-unsaturated/α-hetero) is 1. The Kier molecular flexibility index (Phi) is 3.98. The molecular formula is C13H24N2O. The fourth-order valence-corrected chi connectivity index (χ4v) is 3.13. The van der Waals surface area contributed by atoms with E-state index in [0.717, 1.165) is 12.6 Å². The average Bonchev–Trinajstić information content (AvgIpc) is 2.27. The number of rotatable bonds is 3. The minimum absolute atomic E-state index is 0.318. The van der Waals surface area contributed by atoms with Crippen LogP contribution in [0, 0.1) is 0 Å². The van der Waals surface area contributed by atoms with Crippen molar-refractivity contribution in [2.45, 2.75) is 51.6 Å². The zero-order valence-corrected chi connectivity index (χ0v) is 10.6. The standard InChI is InChI=1S/C13H24N2O/c1-11(9-12(2)16)15-8-7-14-6-4-3-5-13(14)10-15/h11,13H,3-10H2,1-2H3. The van der Waals surface area contributed by atoms with Crippen LogP contribution in [0.25, 0.3) is 0 Å². The second kappa shape index (κ2) is 5.28. The summed E-state index contributed by atoms with van der Waals surface area (Å²) < 4.78 is 0.